The maximum atomic E-state index is 4.23. The molecule has 3 rings (SSSR count). The molecule has 1 atom stereocenters. The number of benzene rings is 1. The largest absolute Gasteiger partial charge is 0.310 e. The predicted octanol–water partition coefficient (Wildman–Crippen LogP) is 2.29. The van der Waals surface area contributed by atoms with Crippen LogP contribution in [0.3, 0.4) is 0 Å². The van der Waals surface area contributed by atoms with Gasteiger partial charge in [-0.2, -0.15) is 5.10 Å². The van der Waals surface area contributed by atoms with Gasteiger partial charge in [0, 0.05) is 24.8 Å². The van der Waals surface area contributed by atoms with Gasteiger partial charge in [0.2, 0.25) is 0 Å². The van der Waals surface area contributed by atoms with E-state index in [0.717, 1.165) is 13.0 Å². The molecule has 17 heavy (non-hydrogen) atoms. The Bertz CT molecular complexity index is 542. The van der Waals surface area contributed by atoms with Gasteiger partial charge in [-0.15, -0.1) is 0 Å². The minimum atomic E-state index is 0.454. The number of nitrogens with one attached hydrogen (secondary N) is 1. The number of fused-ring (bicyclic) bond motifs is 1. The number of rotatable bonds is 1. The first kappa shape index (κ1) is 10.5. The molecule has 1 N–H and O–H groups in total. The van der Waals surface area contributed by atoms with Gasteiger partial charge in [0.25, 0.3) is 0 Å². The van der Waals surface area contributed by atoms with Crippen LogP contribution in [0.2, 0.25) is 0 Å². The van der Waals surface area contributed by atoms with Crippen LogP contribution >= 0.6 is 0 Å². The fourth-order valence-corrected chi connectivity index (χ4v) is 2.51. The Morgan fingerprint density at radius 1 is 1.35 bits per heavy atom. The van der Waals surface area contributed by atoms with E-state index < -0.39 is 0 Å². The summed E-state index contributed by atoms with van der Waals surface area (Å²) in [6.45, 7) is 3.31. The molecule has 3 heteroatoms. The van der Waals surface area contributed by atoms with Gasteiger partial charge in [0.1, 0.15) is 0 Å². The molecule has 2 aromatic rings. The molecule has 1 aromatic heterocycles. The van der Waals surface area contributed by atoms with Crippen molar-refractivity contribution in [3.05, 3.63) is 41.7 Å². The Balaban J connectivity index is 2.05. The Labute approximate surface area is 101 Å². The van der Waals surface area contributed by atoms with E-state index in [1.165, 1.54) is 22.3 Å². The summed E-state index contributed by atoms with van der Waals surface area (Å²) < 4.78 is 1.84. The quantitative estimate of drug-likeness (QED) is 0.810. The Morgan fingerprint density at radius 2 is 2.24 bits per heavy atom. The van der Waals surface area contributed by atoms with Crippen LogP contribution in [0.4, 0.5) is 0 Å². The standard InChI is InChI=1S/C14H17N3/c1-10-14-7-12(13-8-16-17(2)9-13)4-3-11(14)5-6-15-10/h3-4,7-10,15H,5-6H2,1-2H3. The summed E-state index contributed by atoms with van der Waals surface area (Å²) in [7, 11) is 1.95. The number of nitrogens with zero attached hydrogens (tertiary/aromatic N) is 2. The molecule has 2 heterocycles. The molecule has 3 nitrogen and oxygen atoms in total. The van der Waals surface area contributed by atoms with Crippen LogP contribution in [0.15, 0.2) is 30.6 Å². The zero-order chi connectivity index (χ0) is 11.8. The Hall–Kier alpha value is -1.61. The average Bonchev–Trinajstić information content (AvgIpc) is 2.76. The average molecular weight is 227 g/mol. The van der Waals surface area contributed by atoms with E-state index in [4.69, 9.17) is 0 Å². The lowest BCUT2D eigenvalue weighted by atomic mass is 9.92. The number of hydrogen-bond donors (Lipinski definition) is 1. The minimum absolute atomic E-state index is 0.454. The highest BCUT2D eigenvalue weighted by molar-refractivity contribution is 5.64. The molecule has 0 saturated heterocycles. The fraction of sp³-hybridized carbons (Fsp3) is 0.357. The Morgan fingerprint density at radius 3 is 3.00 bits per heavy atom. The van der Waals surface area contributed by atoms with Gasteiger partial charge in [-0.1, -0.05) is 12.1 Å². The van der Waals surface area contributed by atoms with E-state index in [0.29, 0.717) is 6.04 Å². The normalized spacial score (nSPS) is 19.1. The van der Waals surface area contributed by atoms with Crippen molar-refractivity contribution in [3.63, 3.8) is 0 Å². The molecule has 1 aliphatic rings. The summed E-state index contributed by atoms with van der Waals surface area (Å²) in [6, 6.07) is 7.21. The van der Waals surface area contributed by atoms with Crippen molar-refractivity contribution in [2.75, 3.05) is 6.54 Å². The molecule has 0 saturated carbocycles. The van der Waals surface area contributed by atoms with Gasteiger partial charge in [0.05, 0.1) is 6.20 Å². The topological polar surface area (TPSA) is 29.9 Å². The highest BCUT2D eigenvalue weighted by Gasteiger charge is 2.16. The third-order valence-electron chi connectivity index (χ3n) is 3.50. The van der Waals surface area contributed by atoms with Crippen LogP contribution in [0.5, 0.6) is 0 Å². The molecular formula is C14H17N3. The zero-order valence-corrected chi connectivity index (χ0v) is 10.3. The smallest absolute Gasteiger partial charge is 0.0568 e. The highest BCUT2D eigenvalue weighted by atomic mass is 15.2. The molecule has 88 valence electrons. The second-order valence-electron chi connectivity index (χ2n) is 4.74. The molecule has 0 bridgehead atoms. The first-order valence-corrected chi connectivity index (χ1v) is 6.09. The van der Waals surface area contributed by atoms with E-state index in [1.807, 2.05) is 17.9 Å². The van der Waals surface area contributed by atoms with E-state index in [-0.39, 0.29) is 0 Å². The molecular weight excluding hydrogens is 210 g/mol. The number of aryl methyl sites for hydroxylation is 1. The van der Waals surface area contributed by atoms with Crippen LogP contribution in [0.1, 0.15) is 24.1 Å². The maximum Gasteiger partial charge on any atom is 0.0568 e. The van der Waals surface area contributed by atoms with Crippen molar-refractivity contribution < 1.29 is 0 Å². The molecule has 0 spiro atoms. The summed E-state index contributed by atoms with van der Waals surface area (Å²) in [5.74, 6) is 0. The molecule has 0 radical (unpaired) electrons. The van der Waals surface area contributed by atoms with Crippen molar-refractivity contribution in [3.8, 4) is 11.1 Å². The maximum absolute atomic E-state index is 4.23. The first-order valence-electron chi connectivity index (χ1n) is 6.09. The van der Waals surface area contributed by atoms with Crippen molar-refractivity contribution in [2.45, 2.75) is 19.4 Å². The molecule has 0 aliphatic carbocycles. The third-order valence-corrected chi connectivity index (χ3v) is 3.50. The van der Waals surface area contributed by atoms with Gasteiger partial charge in [-0.05, 0) is 42.6 Å². The third kappa shape index (κ3) is 1.87. The van der Waals surface area contributed by atoms with Gasteiger partial charge in [-0.25, -0.2) is 0 Å². The van der Waals surface area contributed by atoms with Crippen LogP contribution in [0, 0.1) is 0 Å². The second kappa shape index (κ2) is 4.00. The predicted molar refractivity (Wildman–Crippen MR) is 68.8 cm³/mol. The lowest BCUT2D eigenvalue weighted by Gasteiger charge is -2.24. The lowest BCUT2D eigenvalue weighted by Crippen LogP contribution is -2.27. The lowest BCUT2D eigenvalue weighted by molar-refractivity contribution is 0.541. The van der Waals surface area contributed by atoms with E-state index in [1.54, 1.807) is 0 Å². The Kier molecular flexibility index (Phi) is 2.48. The number of aromatic nitrogens is 2. The van der Waals surface area contributed by atoms with E-state index in [2.05, 4.69) is 41.7 Å². The summed E-state index contributed by atoms with van der Waals surface area (Å²) in [5.41, 5.74) is 5.35. The zero-order valence-electron chi connectivity index (χ0n) is 10.3. The molecule has 1 aliphatic heterocycles. The molecule has 0 amide bonds. The van der Waals surface area contributed by atoms with Gasteiger partial charge < -0.3 is 5.32 Å². The van der Waals surface area contributed by atoms with Crippen LogP contribution in [-0.2, 0) is 13.5 Å². The first-order chi connectivity index (χ1) is 8.24. The summed E-state index contributed by atoms with van der Waals surface area (Å²) in [6.07, 6.45) is 5.11. The van der Waals surface area contributed by atoms with E-state index in [9.17, 15) is 0 Å². The summed E-state index contributed by atoms with van der Waals surface area (Å²) in [5, 5.41) is 7.73. The molecule has 0 fully saturated rings. The van der Waals surface area contributed by atoms with Gasteiger partial charge in [-0.3, -0.25) is 4.68 Å². The summed E-state index contributed by atoms with van der Waals surface area (Å²) >= 11 is 0. The van der Waals surface area contributed by atoms with Crippen molar-refractivity contribution in [2.24, 2.45) is 7.05 Å². The van der Waals surface area contributed by atoms with Crippen molar-refractivity contribution in [1.29, 1.82) is 0 Å². The monoisotopic (exact) mass is 227 g/mol. The fourth-order valence-electron chi connectivity index (χ4n) is 2.51. The highest BCUT2D eigenvalue weighted by Crippen LogP contribution is 2.28. The van der Waals surface area contributed by atoms with E-state index >= 15 is 0 Å². The summed E-state index contributed by atoms with van der Waals surface area (Å²) in [4.78, 5) is 0. The van der Waals surface area contributed by atoms with Crippen LogP contribution in [0.25, 0.3) is 11.1 Å². The van der Waals surface area contributed by atoms with Crippen molar-refractivity contribution >= 4 is 0 Å². The second-order valence-corrected chi connectivity index (χ2v) is 4.74. The van der Waals surface area contributed by atoms with Crippen LogP contribution < -0.4 is 5.32 Å². The molecule has 1 aromatic carbocycles. The minimum Gasteiger partial charge on any atom is -0.310 e. The number of hydrogen-bond acceptors (Lipinski definition) is 2. The van der Waals surface area contributed by atoms with Gasteiger partial charge in [0.15, 0.2) is 0 Å². The van der Waals surface area contributed by atoms with Crippen LogP contribution in [-0.4, -0.2) is 16.3 Å². The molecule has 1 unspecified atom stereocenters. The van der Waals surface area contributed by atoms with Crippen molar-refractivity contribution in [1.82, 2.24) is 15.1 Å². The van der Waals surface area contributed by atoms with Gasteiger partial charge >= 0.3 is 0 Å². The SMILES string of the molecule is CC1NCCc2ccc(-c3cnn(C)c3)cc21.